The van der Waals surface area contributed by atoms with Gasteiger partial charge in [0.15, 0.2) is 22.5 Å². The van der Waals surface area contributed by atoms with Gasteiger partial charge in [0.2, 0.25) is 0 Å². The number of para-hydroxylation sites is 1. The molecule has 0 spiro atoms. The minimum Gasteiger partial charge on any atom is -0.493 e. The highest BCUT2D eigenvalue weighted by atomic mass is 79.9. The van der Waals surface area contributed by atoms with E-state index in [1.165, 1.54) is 13.2 Å². The Hall–Kier alpha value is -2.51. The van der Waals surface area contributed by atoms with E-state index < -0.39 is 5.97 Å². The molecule has 1 saturated carbocycles. The summed E-state index contributed by atoms with van der Waals surface area (Å²) >= 11 is 9.69. The van der Waals surface area contributed by atoms with E-state index in [1.807, 2.05) is 0 Å². The first-order valence-electron chi connectivity index (χ1n) is 8.87. The number of aliphatic carboxylic acids is 1. The smallest absolute Gasteiger partial charge is 0.306 e. The van der Waals surface area contributed by atoms with Gasteiger partial charge < -0.3 is 19.0 Å². The van der Waals surface area contributed by atoms with Crippen LogP contribution < -0.4 is 14.9 Å². The summed E-state index contributed by atoms with van der Waals surface area (Å²) < 4.78 is 17.9. The Balaban J connectivity index is 1.75. The topological polar surface area (TPSA) is 86.0 Å². The molecule has 3 aromatic rings. The zero-order valence-electron chi connectivity index (χ0n) is 15.3. The van der Waals surface area contributed by atoms with Gasteiger partial charge in [0, 0.05) is 16.1 Å². The van der Waals surface area contributed by atoms with Gasteiger partial charge in [0.05, 0.1) is 23.4 Å². The van der Waals surface area contributed by atoms with Crippen LogP contribution >= 0.6 is 27.5 Å². The highest BCUT2D eigenvalue weighted by Gasteiger charge is 2.36. The minimum absolute atomic E-state index is 0.211. The molecule has 0 amide bonds. The second-order valence-electron chi connectivity index (χ2n) is 6.82. The van der Waals surface area contributed by atoms with Crippen LogP contribution in [-0.2, 0) is 4.79 Å². The van der Waals surface area contributed by atoms with E-state index in [0.717, 1.165) is 0 Å². The molecule has 1 fully saturated rings. The van der Waals surface area contributed by atoms with Crippen molar-refractivity contribution in [2.24, 2.45) is 5.92 Å². The van der Waals surface area contributed by atoms with E-state index >= 15 is 0 Å². The van der Waals surface area contributed by atoms with Crippen LogP contribution in [0.1, 0.15) is 12.8 Å². The number of carbonyl (C=O) groups is 1. The second kappa shape index (κ2) is 7.72. The van der Waals surface area contributed by atoms with Crippen LogP contribution in [0, 0.1) is 5.92 Å². The van der Waals surface area contributed by atoms with Gasteiger partial charge in [-0.2, -0.15) is 0 Å². The predicted octanol–water partition coefficient (Wildman–Crippen LogP) is 5.13. The fourth-order valence-corrected chi connectivity index (χ4v) is 4.03. The van der Waals surface area contributed by atoms with E-state index in [9.17, 15) is 9.59 Å². The van der Waals surface area contributed by atoms with E-state index in [4.69, 9.17) is 30.6 Å². The first-order chi connectivity index (χ1) is 13.9. The lowest BCUT2D eigenvalue weighted by atomic mass is 9.82. The largest absolute Gasteiger partial charge is 0.493 e. The van der Waals surface area contributed by atoms with Crippen molar-refractivity contribution in [3.8, 4) is 22.8 Å². The van der Waals surface area contributed by atoms with Crippen LogP contribution in [0.5, 0.6) is 11.5 Å². The van der Waals surface area contributed by atoms with Gasteiger partial charge in [-0.3, -0.25) is 9.59 Å². The van der Waals surface area contributed by atoms with Crippen LogP contribution in [-0.4, -0.2) is 24.3 Å². The van der Waals surface area contributed by atoms with Crippen molar-refractivity contribution in [2.75, 3.05) is 7.11 Å². The molecular weight excluding hydrogens is 464 g/mol. The number of methoxy groups -OCH3 is 1. The molecule has 0 bridgehead atoms. The summed E-state index contributed by atoms with van der Waals surface area (Å²) in [5, 5.41) is 9.79. The first kappa shape index (κ1) is 19.8. The van der Waals surface area contributed by atoms with Crippen molar-refractivity contribution in [1.82, 2.24) is 0 Å². The molecule has 8 heteroatoms. The quantitative estimate of drug-likeness (QED) is 0.546. The summed E-state index contributed by atoms with van der Waals surface area (Å²) in [6, 6.07) is 9.83. The first-order valence-corrected chi connectivity index (χ1v) is 10.0. The van der Waals surface area contributed by atoms with Gasteiger partial charge in [-0.25, -0.2) is 0 Å². The number of hydrogen-bond donors (Lipinski definition) is 1. The summed E-state index contributed by atoms with van der Waals surface area (Å²) in [4.78, 5) is 23.5. The molecule has 1 N–H and O–H groups in total. The Labute approximate surface area is 179 Å². The third-order valence-electron chi connectivity index (χ3n) is 4.96. The summed E-state index contributed by atoms with van der Waals surface area (Å²) in [5.74, 6) is 0.0544. The molecule has 4 rings (SSSR count). The van der Waals surface area contributed by atoms with Gasteiger partial charge in [-0.15, -0.1) is 0 Å². The maximum atomic E-state index is 12.5. The summed E-state index contributed by atoms with van der Waals surface area (Å²) in [6.07, 6.45) is 0.659. The molecule has 1 heterocycles. The molecule has 0 aliphatic heterocycles. The fourth-order valence-electron chi connectivity index (χ4n) is 3.29. The average Bonchev–Trinajstić information content (AvgIpc) is 2.65. The standard InChI is InChI=1S/C21H16BrClO6/c1-27-18-8-14(22)13(7-19(18)28-11-5-10(6-11)21(25)26)17-9-16(24)12-3-2-4-15(23)20(12)29-17/h2-4,7-11H,5-6H2,1H3,(H,25,26). The predicted molar refractivity (Wildman–Crippen MR) is 112 cm³/mol. The van der Waals surface area contributed by atoms with E-state index in [0.29, 0.717) is 56.1 Å². The number of ether oxygens (including phenoxy) is 2. The van der Waals surface area contributed by atoms with Crippen molar-refractivity contribution < 1.29 is 23.8 Å². The monoisotopic (exact) mass is 478 g/mol. The van der Waals surface area contributed by atoms with E-state index in [-0.39, 0.29) is 17.5 Å². The Morgan fingerprint density at radius 1 is 1.24 bits per heavy atom. The Morgan fingerprint density at radius 2 is 2.00 bits per heavy atom. The number of benzene rings is 2. The maximum absolute atomic E-state index is 12.5. The van der Waals surface area contributed by atoms with Crippen LogP contribution in [0.25, 0.3) is 22.3 Å². The van der Waals surface area contributed by atoms with Gasteiger partial charge in [0.25, 0.3) is 0 Å². The van der Waals surface area contributed by atoms with Gasteiger partial charge in [0.1, 0.15) is 11.9 Å². The van der Waals surface area contributed by atoms with Gasteiger partial charge >= 0.3 is 5.97 Å². The highest BCUT2D eigenvalue weighted by Crippen LogP contribution is 2.42. The second-order valence-corrected chi connectivity index (χ2v) is 8.08. The lowest BCUT2D eigenvalue weighted by Gasteiger charge is -2.33. The number of halogens is 2. The van der Waals surface area contributed by atoms with Crippen LogP contribution in [0.4, 0.5) is 0 Å². The third kappa shape index (κ3) is 3.72. The van der Waals surface area contributed by atoms with Crippen LogP contribution in [0.3, 0.4) is 0 Å². The minimum atomic E-state index is -0.817. The molecule has 1 aliphatic rings. The van der Waals surface area contributed by atoms with Crippen molar-refractivity contribution in [2.45, 2.75) is 18.9 Å². The molecule has 0 unspecified atom stereocenters. The molecule has 150 valence electrons. The Morgan fingerprint density at radius 3 is 2.69 bits per heavy atom. The van der Waals surface area contributed by atoms with Crippen molar-refractivity contribution >= 4 is 44.5 Å². The summed E-state index contributed by atoms with van der Waals surface area (Å²) in [5.41, 5.74) is 0.691. The number of hydrogen-bond acceptors (Lipinski definition) is 5. The molecule has 0 radical (unpaired) electrons. The van der Waals surface area contributed by atoms with Crippen molar-refractivity contribution in [1.29, 1.82) is 0 Å². The SMILES string of the molecule is COc1cc(Br)c(-c2cc(=O)c3cccc(Cl)c3o2)cc1OC1CC(C(=O)O)C1. The summed E-state index contributed by atoms with van der Waals surface area (Å²) in [7, 11) is 1.52. The maximum Gasteiger partial charge on any atom is 0.306 e. The highest BCUT2D eigenvalue weighted by molar-refractivity contribution is 9.10. The third-order valence-corrected chi connectivity index (χ3v) is 5.92. The number of carboxylic acids is 1. The molecule has 1 aromatic heterocycles. The normalized spacial score (nSPS) is 18.3. The fraction of sp³-hybridized carbons (Fsp3) is 0.238. The average molecular weight is 480 g/mol. The molecule has 6 nitrogen and oxygen atoms in total. The Bertz CT molecular complexity index is 1170. The number of carboxylic acid groups (broad SMARTS) is 1. The Kier molecular flexibility index (Phi) is 5.27. The van der Waals surface area contributed by atoms with Crippen LogP contribution in [0.2, 0.25) is 5.02 Å². The van der Waals surface area contributed by atoms with Gasteiger partial charge in [-0.05, 0) is 53.0 Å². The van der Waals surface area contributed by atoms with Crippen LogP contribution in [0.15, 0.2) is 50.1 Å². The van der Waals surface area contributed by atoms with E-state index in [1.54, 1.807) is 30.3 Å². The molecule has 2 aromatic carbocycles. The molecular formula is C21H16BrClO6. The molecule has 1 aliphatic carbocycles. The molecule has 0 atom stereocenters. The lowest BCUT2D eigenvalue weighted by molar-refractivity contribution is -0.147. The zero-order valence-corrected chi connectivity index (χ0v) is 17.6. The number of rotatable bonds is 5. The molecule has 0 saturated heterocycles. The lowest BCUT2D eigenvalue weighted by Crippen LogP contribution is -2.38. The molecule has 29 heavy (non-hydrogen) atoms. The van der Waals surface area contributed by atoms with Gasteiger partial charge in [-0.1, -0.05) is 17.7 Å². The summed E-state index contributed by atoms with van der Waals surface area (Å²) in [6.45, 7) is 0. The number of fused-ring (bicyclic) bond motifs is 1. The van der Waals surface area contributed by atoms with Crippen molar-refractivity contribution in [3.63, 3.8) is 0 Å². The zero-order chi connectivity index (χ0) is 20.7. The van der Waals surface area contributed by atoms with E-state index in [2.05, 4.69) is 15.9 Å². The van der Waals surface area contributed by atoms with Crippen molar-refractivity contribution in [3.05, 3.63) is 56.1 Å².